The lowest BCUT2D eigenvalue weighted by Crippen LogP contribution is -2.51. The molecule has 3 heterocycles. The Morgan fingerprint density at radius 2 is 1.97 bits per heavy atom. The number of nitriles is 1. The molecule has 4 rings (SSSR count). The number of likely N-dealkylation sites (tertiary alicyclic amines) is 1. The van der Waals surface area contributed by atoms with Gasteiger partial charge in [-0.2, -0.15) is 5.26 Å². The monoisotopic (exact) mass is 392 g/mol. The van der Waals surface area contributed by atoms with Crippen molar-refractivity contribution in [1.29, 1.82) is 5.26 Å². The third-order valence-electron chi connectivity index (χ3n) is 6.06. The lowest BCUT2D eigenvalue weighted by molar-refractivity contribution is 0.243. The van der Waals surface area contributed by atoms with E-state index in [1.54, 1.807) is 13.2 Å². The molecule has 0 N–H and O–H groups in total. The van der Waals surface area contributed by atoms with E-state index in [0.29, 0.717) is 17.4 Å². The average Bonchev–Trinajstić information content (AvgIpc) is 2.73. The van der Waals surface area contributed by atoms with Gasteiger partial charge in [0.15, 0.2) is 5.82 Å². The van der Waals surface area contributed by atoms with Crippen molar-refractivity contribution in [2.75, 3.05) is 57.2 Å². The SMILES string of the molecule is COc1cc(C#N)cc(C)c1-c1cc2c(nn1)N([C@@H]1CCCN(C)C1)CCN2C. The van der Waals surface area contributed by atoms with Crippen LogP contribution in [0.25, 0.3) is 11.3 Å². The van der Waals surface area contributed by atoms with Gasteiger partial charge in [0.2, 0.25) is 0 Å². The maximum Gasteiger partial charge on any atom is 0.175 e. The molecule has 29 heavy (non-hydrogen) atoms. The molecular formula is C22H28N6O. The smallest absolute Gasteiger partial charge is 0.175 e. The van der Waals surface area contributed by atoms with Crippen LogP contribution in [0.2, 0.25) is 0 Å². The molecule has 7 heteroatoms. The minimum atomic E-state index is 0.479. The summed E-state index contributed by atoms with van der Waals surface area (Å²) in [6.07, 6.45) is 2.41. The van der Waals surface area contributed by atoms with Crippen LogP contribution in [0.3, 0.4) is 0 Å². The molecule has 1 atom stereocenters. The Morgan fingerprint density at radius 1 is 1.14 bits per heavy atom. The van der Waals surface area contributed by atoms with E-state index in [9.17, 15) is 5.26 Å². The van der Waals surface area contributed by atoms with Gasteiger partial charge in [0.1, 0.15) is 5.75 Å². The van der Waals surface area contributed by atoms with Crippen LogP contribution in [0.1, 0.15) is 24.0 Å². The van der Waals surface area contributed by atoms with Crippen LogP contribution in [0.5, 0.6) is 5.75 Å². The average molecular weight is 393 g/mol. The van der Waals surface area contributed by atoms with Crippen molar-refractivity contribution in [2.45, 2.75) is 25.8 Å². The quantitative estimate of drug-likeness (QED) is 0.795. The number of likely N-dealkylation sites (N-methyl/N-ethyl adjacent to an activating group) is 2. The zero-order valence-corrected chi connectivity index (χ0v) is 17.6. The predicted octanol–water partition coefficient (Wildman–Crippen LogP) is 2.68. The molecule has 0 amide bonds. The largest absolute Gasteiger partial charge is 0.496 e. The molecule has 0 spiro atoms. The van der Waals surface area contributed by atoms with Gasteiger partial charge in [-0.15, -0.1) is 10.2 Å². The van der Waals surface area contributed by atoms with Crippen molar-refractivity contribution in [1.82, 2.24) is 15.1 Å². The first-order chi connectivity index (χ1) is 14.0. The summed E-state index contributed by atoms with van der Waals surface area (Å²) in [5.74, 6) is 1.62. The van der Waals surface area contributed by atoms with Gasteiger partial charge in [0.05, 0.1) is 30.1 Å². The summed E-state index contributed by atoms with van der Waals surface area (Å²) < 4.78 is 5.57. The molecule has 152 valence electrons. The van der Waals surface area contributed by atoms with Gasteiger partial charge in [0, 0.05) is 38.3 Å². The number of methoxy groups -OCH3 is 1. The highest BCUT2D eigenvalue weighted by Gasteiger charge is 2.31. The third kappa shape index (κ3) is 3.60. The second kappa shape index (κ2) is 7.88. The molecule has 0 unspecified atom stereocenters. The normalized spacial score (nSPS) is 19.6. The van der Waals surface area contributed by atoms with Gasteiger partial charge in [-0.25, -0.2) is 0 Å². The minimum Gasteiger partial charge on any atom is -0.496 e. The number of hydrogen-bond donors (Lipinski definition) is 0. The molecule has 7 nitrogen and oxygen atoms in total. The van der Waals surface area contributed by atoms with Gasteiger partial charge in [-0.05, 0) is 57.1 Å². The highest BCUT2D eigenvalue weighted by atomic mass is 16.5. The highest BCUT2D eigenvalue weighted by molar-refractivity contribution is 5.79. The second-order valence-electron chi connectivity index (χ2n) is 8.09. The summed E-state index contributed by atoms with van der Waals surface area (Å²) in [5, 5.41) is 18.5. The van der Waals surface area contributed by atoms with E-state index in [0.717, 1.165) is 48.0 Å². The molecule has 2 aliphatic heterocycles. The Hall–Kier alpha value is -2.85. The van der Waals surface area contributed by atoms with E-state index >= 15 is 0 Å². The topological polar surface area (TPSA) is 68.5 Å². The summed E-state index contributed by atoms with van der Waals surface area (Å²) in [6, 6.07) is 8.41. The molecule has 2 aromatic rings. The molecule has 2 aliphatic rings. The van der Waals surface area contributed by atoms with Crippen molar-refractivity contribution in [2.24, 2.45) is 0 Å². The first kappa shape index (κ1) is 19.5. The van der Waals surface area contributed by atoms with Crippen LogP contribution in [-0.2, 0) is 0 Å². The molecule has 1 fully saturated rings. The number of hydrogen-bond acceptors (Lipinski definition) is 7. The predicted molar refractivity (Wildman–Crippen MR) is 115 cm³/mol. The van der Waals surface area contributed by atoms with Gasteiger partial charge >= 0.3 is 0 Å². The fourth-order valence-electron chi connectivity index (χ4n) is 4.52. The van der Waals surface area contributed by atoms with Gasteiger partial charge in [0.25, 0.3) is 0 Å². The number of aromatic nitrogens is 2. The number of anilines is 2. The molecule has 1 aromatic heterocycles. The molecular weight excluding hydrogens is 364 g/mol. The summed E-state index contributed by atoms with van der Waals surface area (Å²) in [7, 11) is 5.92. The molecule has 0 radical (unpaired) electrons. The third-order valence-corrected chi connectivity index (χ3v) is 6.06. The number of nitrogens with zero attached hydrogens (tertiary/aromatic N) is 6. The Bertz CT molecular complexity index is 953. The molecule has 0 aliphatic carbocycles. The van der Waals surface area contributed by atoms with Crippen molar-refractivity contribution in [3.8, 4) is 23.1 Å². The van der Waals surface area contributed by atoms with Crippen molar-refractivity contribution in [3.05, 3.63) is 29.3 Å². The summed E-state index contributed by atoms with van der Waals surface area (Å²) in [5.41, 5.74) is 4.31. The van der Waals surface area contributed by atoms with E-state index in [2.05, 4.69) is 51.1 Å². The van der Waals surface area contributed by atoms with Crippen LogP contribution >= 0.6 is 0 Å². The fraction of sp³-hybridized carbons (Fsp3) is 0.500. The van der Waals surface area contributed by atoms with E-state index in [1.165, 1.54) is 19.4 Å². The standard InChI is InChI=1S/C22H28N6O/c1-15-10-16(13-23)11-20(29-4)21(15)18-12-19-22(25-24-18)28(9-8-27(19)3)17-6-5-7-26(2)14-17/h10-12,17H,5-9,14H2,1-4H3/t17-/m1/s1. The number of fused-ring (bicyclic) bond motifs is 1. The summed E-state index contributed by atoms with van der Waals surface area (Å²) in [6.45, 7) is 6.14. The maximum atomic E-state index is 9.26. The Morgan fingerprint density at radius 3 is 2.69 bits per heavy atom. The Labute approximate surface area is 172 Å². The lowest BCUT2D eigenvalue weighted by Gasteiger charge is -2.43. The Kier molecular flexibility index (Phi) is 5.29. The Balaban J connectivity index is 1.75. The van der Waals surface area contributed by atoms with Crippen LogP contribution < -0.4 is 14.5 Å². The zero-order valence-electron chi connectivity index (χ0n) is 17.6. The van der Waals surface area contributed by atoms with Crippen molar-refractivity contribution < 1.29 is 4.74 Å². The number of aryl methyl sites for hydroxylation is 1. The number of piperidine rings is 1. The van der Waals surface area contributed by atoms with E-state index in [1.807, 2.05) is 13.0 Å². The molecule has 1 saturated heterocycles. The van der Waals surface area contributed by atoms with Crippen LogP contribution in [0, 0.1) is 18.3 Å². The lowest BCUT2D eigenvalue weighted by atomic mass is 10.00. The van der Waals surface area contributed by atoms with Gasteiger partial charge < -0.3 is 19.4 Å². The molecule has 0 saturated carbocycles. The van der Waals surface area contributed by atoms with Crippen molar-refractivity contribution >= 4 is 11.5 Å². The van der Waals surface area contributed by atoms with Crippen LogP contribution in [0.15, 0.2) is 18.2 Å². The van der Waals surface area contributed by atoms with E-state index in [-0.39, 0.29) is 0 Å². The van der Waals surface area contributed by atoms with Crippen LogP contribution in [-0.4, -0.2) is 68.5 Å². The zero-order chi connectivity index (χ0) is 20.5. The minimum absolute atomic E-state index is 0.479. The van der Waals surface area contributed by atoms with Crippen LogP contribution in [0.4, 0.5) is 11.5 Å². The second-order valence-corrected chi connectivity index (χ2v) is 8.09. The molecule has 1 aromatic carbocycles. The van der Waals surface area contributed by atoms with Gasteiger partial charge in [-0.1, -0.05) is 0 Å². The highest BCUT2D eigenvalue weighted by Crippen LogP contribution is 2.39. The van der Waals surface area contributed by atoms with E-state index < -0.39 is 0 Å². The fourth-order valence-corrected chi connectivity index (χ4v) is 4.52. The first-order valence-corrected chi connectivity index (χ1v) is 10.1. The first-order valence-electron chi connectivity index (χ1n) is 10.1. The summed E-state index contributed by atoms with van der Waals surface area (Å²) in [4.78, 5) is 7.09. The summed E-state index contributed by atoms with van der Waals surface area (Å²) >= 11 is 0. The van der Waals surface area contributed by atoms with Gasteiger partial charge in [-0.3, -0.25) is 0 Å². The number of rotatable bonds is 3. The maximum absolute atomic E-state index is 9.26. The molecule has 0 bridgehead atoms. The number of benzene rings is 1. The number of ether oxygens (including phenoxy) is 1. The van der Waals surface area contributed by atoms with E-state index in [4.69, 9.17) is 4.74 Å². The van der Waals surface area contributed by atoms with Crippen molar-refractivity contribution in [3.63, 3.8) is 0 Å².